The van der Waals surface area contributed by atoms with Gasteiger partial charge in [0.05, 0.1) is 4.05 Å². The smallest absolute Gasteiger partial charge is 0.245 e. The van der Waals surface area contributed by atoms with Crippen LogP contribution in [0.15, 0.2) is 30.3 Å². The summed E-state index contributed by atoms with van der Waals surface area (Å²) in [5, 5.41) is 0. The van der Waals surface area contributed by atoms with E-state index in [-0.39, 0.29) is 16.0 Å². The van der Waals surface area contributed by atoms with E-state index in [0.717, 1.165) is 18.7 Å². The maximum absolute atomic E-state index is 12.9. The molecule has 0 saturated carbocycles. The summed E-state index contributed by atoms with van der Waals surface area (Å²) in [4.78, 5) is 17.1. The van der Waals surface area contributed by atoms with E-state index in [1.54, 1.807) is 0 Å². The van der Waals surface area contributed by atoms with Gasteiger partial charge in [-0.15, -0.1) is 0 Å². The van der Waals surface area contributed by atoms with Crippen LogP contribution in [0.25, 0.3) is 0 Å². The Morgan fingerprint density at radius 2 is 1.80 bits per heavy atom. The lowest BCUT2D eigenvalue weighted by Gasteiger charge is -2.36. The second kappa shape index (κ2) is 7.41. The Hall–Kier alpha value is -0.620. The van der Waals surface area contributed by atoms with E-state index in [1.165, 1.54) is 19.3 Å². The van der Waals surface area contributed by atoms with Gasteiger partial charge in [0.1, 0.15) is 6.04 Å². The number of hydrogen-bond donors (Lipinski definition) is 0. The maximum Gasteiger partial charge on any atom is 0.245 e. The van der Waals surface area contributed by atoms with Gasteiger partial charge in [-0.3, -0.25) is 9.69 Å². The summed E-state index contributed by atoms with van der Waals surface area (Å²) in [6, 6.07) is 10.1. The lowest BCUT2D eigenvalue weighted by Crippen LogP contribution is -2.45. The van der Waals surface area contributed by atoms with Crippen LogP contribution in [0.4, 0.5) is 0 Å². The van der Waals surface area contributed by atoms with Crippen molar-refractivity contribution in [2.45, 2.75) is 36.3 Å². The zero-order valence-corrected chi connectivity index (χ0v) is 14.4. The minimum Gasteiger partial charge on any atom is -0.332 e. The molecule has 0 spiro atoms. The normalized spacial score (nSPS) is 19.4. The first kappa shape index (κ1) is 15.8. The van der Waals surface area contributed by atoms with Crippen LogP contribution in [0.3, 0.4) is 0 Å². The Labute approximate surface area is 135 Å². The Morgan fingerprint density at radius 3 is 2.35 bits per heavy atom. The SMILES string of the molecule is C[C@@H](I)N(C)C(=O)[C@@H](c1ccccc1)N1CCCCC1. The Bertz CT molecular complexity index is 429. The third-order valence-corrected chi connectivity index (χ3v) is 4.82. The van der Waals surface area contributed by atoms with Crippen molar-refractivity contribution in [3.05, 3.63) is 35.9 Å². The van der Waals surface area contributed by atoms with Gasteiger partial charge in [-0.25, -0.2) is 0 Å². The third-order valence-electron chi connectivity index (χ3n) is 3.99. The molecule has 0 unspecified atom stereocenters. The Kier molecular flexibility index (Phi) is 5.84. The number of likely N-dealkylation sites (tertiary alicyclic amines) is 1. The van der Waals surface area contributed by atoms with Crippen molar-refractivity contribution in [1.82, 2.24) is 9.80 Å². The van der Waals surface area contributed by atoms with Crippen LogP contribution in [-0.4, -0.2) is 39.9 Å². The molecular formula is C16H23IN2O. The molecule has 0 N–H and O–H groups in total. The van der Waals surface area contributed by atoms with E-state index >= 15 is 0 Å². The number of alkyl halides is 1. The van der Waals surface area contributed by atoms with Gasteiger partial charge in [-0.1, -0.05) is 59.3 Å². The van der Waals surface area contributed by atoms with E-state index in [9.17, 15) is 4.79 Å². The van der Waals surface area contributed by atoms with Crippen LogP contribution < -0.4 is 0 Å². The molecule has 1 saturated heterocycles. The topological polar surface area (TPSA) is 23.6 Å². The zero-order chi connectivity index (χ0) is 14.5. The molecule has 0 aromatic heterocycles. The Balaban J connectivity index is 2.26. The van der Waals surface area contributed by atoms with Crippen LogP contribution in [-0.2, 0) is 4.79 Å². The standard InChI is InChI=1S/C16H23IN2O/c1-13(17)18(2)16(20)15(14-9-5-3-6-10-14)19-11-7-4-8-12-19/h3,5-6,9-10,13,15H,4,7-8,11-12H2,1-2H3/t13-,15+/m0/s1. The first-order valence-corrected chi connectivity index (χ1v) is 8.55. The summed E-state index contributed by atoms with van der Waals surface area (Å²) in [5.74, 6) is 0.208. The van der Waals surface area contributed by atoms with Gasteiger partial charge < -0.3 is 4.90 Å². The molecule has 2 rings (SSSR count). The highest BCUT2D eigenvalue weighted by Gasteiger charge is 2.31. The lowest BCUT2D eigenvalue weighted by atomic mass is 10.0. The highest BCUT2D eigenvalue weighted by Crippen LogP contribution is 2.27. The molecule has 0 aliphatic carbocycles. The maximum atomic E-state index is 12.9. The van der Waals surface area contributed by atoms with Gasteiger partial charge in [0, 0.05) is 7.05 Å². The molecule has 1 fully saturated rings. The number of hydrogen-bond acceptors (Lipinski definition) is 2. The molecule has 1 aliphatic rings. The number of rotatable bonds is 4. The van der Waals surface area contributed by atoms with Crippen LogP contribution >= 0.6 is 22.6 Å². The Morgan fingerprint density at radius 1 is 1.20 bits per heavy atom. The average molecular weight is 386 g/mol. The van der Waals surface area contributed by atoms with Crippen molar-refractivity contribution >= 4 is 28.5 Å². The van der Waals surface area contributed by atoms with Crippen LogP contribution in [0.1, 0.15) is 37.8 Å². The fourth-order valence-electron chi connectivity index (χ4n) is 2.69. The number of nitrogens with zero attached hydrogens (tertiary/aromatic N) is 2. The predicted octanol–water partition coefficient (Wildman–Crippen LogP) is 3.45. The highest BCUT2D eigenvalue weighted by molar-refractivity contribution is 14.1. The highest BCUT2D eigenvalue weighted by atomic mass is 127. The minimum absolute atomic E-state index is 0.126. The molecule has 110 valence electrons. The first-order valence-electron chi connectivity index (χ1n) is 7.31. The third kappa shape index (κ3) is 3.73. The molecule has 1 amide bonds. The van der Waals surface area contributed by atoms with E-state index in [0.29, 0.717) is 0 Å². The summed E-state index contributed by atoms with van der Waals surface area (Å²) in [6.45, 7) is 4.10. The van der Waals surface area contributed by atoms with Crippen molar-refractivity contribution in [1.29, 1.82) is 0 Å². The van der Waals surface area contributed by atoms with Gasteiger partial charge in [-0.05, 0) is 38.4 Å². The van der Waals surface area contributed by atoms with Crippen LogP contribution in [0.2, 0.25) is 0 Å². The molecule has 1 aromatic carbocycles. The van der Waals surface area contributed by atoms with Gasteiger partial charge in [0.2, 0.25) is 5.91 Å². The average Bonchev–Trinajstić information content (AvgIpc) is 2.48. The summed E-state index contributed by atoms with van der Waals surface area (Å²) < 4.78 is 0.205. The van der Waals surface area contributed by atoms with Gasteiger partial charge >= 0.3 is 0 Å². The summed E-state index contributed by atoms with van der Waals surface area (Å²) in [7, 11) is 1.90. The monoisotopic (exact) mass is 386 g/mol. The van der Waals surface area contributed by atoms with Crippen molar-refractivity contribution in [3.63, 3.8) is 0 Å². The molecule has 3 nitrogen and oxygen atoms in total. The molecular weight excluding hydrogens is 363 g/mol. The molecule has 1 aliphatic heterocycles. The van der Waals surface area contributed by atoms with Crippen LogP contribution in [0.5, 0.6) is 0 Å². The van der Waals surface area contributed by atoms with E-state index in [4.69, 9.17) is 0 Å². The number of likely N-dealkylation sites (N-methyl/N-ethyl adjacent to an activating group) is 1. The van der Waals surface area contributed by atoms with Gasteiger partial charge in [-0.2, -0.15) is 0 Å². The van der Waals surface area contributed by atoms with Crippen molar-refractivity contribution in [2.75, 3.05) is 20.1 Å². The molecule has 1 heterocycles. The van der Waals surface area contributed by atoms with Gasteiger partial charge in [0.25, 0.3) is 0 Å². The fraction of sp³-hybridized carbons (Fsp3) is 0.562. The number of carbonyl (C=O) groups is 1. The molecule has 1 aromatic rings. The molecule has 4 heteroatoms. The van der Waals surface area contributed by atoms with Crippen molar-refractivity contribution in [2.24, 2.45) is 0 Å². The zero-order valence-electron chi connectivity index (χ0n) is 12.3. The number of amides is 1. The van der Waals surface area contributed by atoms with E-state index in [1.807, 2.05) is 30.1 Å². The molecule has 2 atom stereocenters. The summed E-state index contributed by atoms with van der Waals surface area (Å²) in [6.07, 6.45) is 3.67. The minimum atomic E-state index is -0.126. The van der Waals surface area contributed by atoms with Crippen molar-refractivity contribution in [3.8, 4) is 0 Å². The van der Waals surface area contributed by atoms with Crippen LogP contribution in [0, 0.1) is 0 Å². The number of piperidine rings is 1. The molecule has 0 radical (unpaired) electrons. The summed E-state index contributed by atoms with van der Waals surface area (Å²) >= 11 is 2.29. The first-order chi connectivity index (χ1) is 9.61. The quantitative estimate of drug-likeness (QED) is 0.450. The lowest BCUT2D eigenvalue weighted by molar-refractivity contribution is -0.136. The summed E-state index contributed by atoms with van der Waals surface area (Å²) in [5.41, 5.74) is 1.11. The molecule has 20 heavy (non-hydrogen) atoms. The second-order valence-corrected chi connectivity index (χ2v) is 7.24. The predicted molar refractivity (Wildman–Crippen MR) is 90.9 cm³/mol. The largest absolute Gasteiger partial charge is 0.332 e. The van der Waals surface area contributed by atoms with Crippen molar-refractivity contribution < 1.29 is 4.79 Å². The number of benzene rings is 1. The number of carbonyl (C=O) groups excluding carboxylic acids is 1. The van der Waals surface area contributed by atoms with Gasteiger partial charge in [0.15, 0.2) is 0 Å². The van der Waals surface area contributed by atoms with E-state index in [2.05, 4.69) is 46.5 Å². The molecule has 0 bridgehead atoms. The fourth-order valence-corrected chi connectivity index (χ4v) is 2.96. The number of halogens is 1. The van der Waals surface area contributed by atoms with E-state index < -0.39 is 0 Å². The second-order valence-electron chi connectivity index (χ2n) is 5.43.